The Bertz CT molecular complexity index is 1180. The molecule has 150 valence electrons. The normalized spacial score (nSPS) is 12.1. The second-order valence-electron chi connectivity index (χ2n) is 6.65. The van der Waals surface area contributed by atoms with Crippen LogP contribution in [-0.2, 0) is 6.54 Å². The molecule has 1 amide bonds. The van der Waals surface area contributed by atoms with E-state index in [2.05, 4.69) is 25.5 Å². The van der Waals surface area contributed by atoms with Gasteiger partial charge in [-0.05, 0) is 36.4 Å². The number of pyridine rings is 1. The van der Waals surface area contributed by atoms with Crippen molar-refractivity contribution in [1.29, 1.82) is 0 Å². The van der Waals surface area contributed by atoms with Gasteiger partial charge in [0.05, 0.1) is 5.69 Å². The topological polar surface area (TPSA) is 107 Å². The highest BCUT2D eigenvalue weighted by Crippen LogP contribution is 2.35. The number of aromatic amines is 1. The Balaban J connectivity index is 1.22. The summed E-state index contributed by atoms with van der Waals surface area (Å²) < 4.78 is 12.7. The number of aromatic nitrogens is 5. The van der Waals surface area contributed by atoms with Crippen LogP contribution in [0.5, 0.6) is 11.5 Å². The van der Waals surface area contributed by atoms with Gasteiger partial charge in [-0.2, -0.15) is 5.10 Å². The molecule has 1 aliphatic heterocycles. The summed E-state index contributed by atoms with van der Waals surface area (Å²) in [6, 6.07) is 12.9. The molecule has 0 bridgehead atoms. The number of imidazole rings is 1. The largest absolute Gasteiger partial charge is 0.454 e. The number of hydrogen-bond acceptors (Lipinski definition) is 6. The first kappa shape index (κ1) is 17.9. The Morgan fingerprint density at radius 1 is 1.07 bits per heavy atom. The van der Waals surface area contributed by atoms with Gasteiger partial charge in [-0.1, -0.05) is 6.07 Å². The molecule has 3 aromatic heterocycles. The molecule has 0 radical (unpaired) electrons. The Morgan fingerprint density at radius 3 is 2.90 bits per heavy atom. The van der Waals surface area contributed by atoms with Crippen LogP contribution in [0.3, 0.4) is 0 Å². The molecule has 0 atom stereocenters. The number of carbonyl (C=O) groups excluding carboxylic acids is 1. The van der Waals surface area contributed by atoms with Gasteiger partial charge in [0, 0.05) is 37.2 Å². The molecule has 9 heteroatoms. The SMILES string of the molecule is O=C(NCCn1ccnc1-c1ccccn1)c1cc(-c2ccc3c(c2)OCO3)n[nH]1. The summed E-state index contributed by atoms with van der Waals surface area (Å²) in [7, 11) is 0. The summed E-state index contributed by atoms with van der Waals surface area (Å²) in [6.45, 7) is 1.22. The Morgan fingerprint density at radius 2 is 2.00 bits per heavy atom. The average Bonchev–Trinajstić information content (AvgIpc) is 3.53. The van der Waals surface area contributed by atoms with Crippen LogP contribution in [0, 0.1) is 0 Å². The number of carbonyl (C=O) groups is 1. The predicted octanol–water partition coefficient (Wildman–Crippen LogP) is 2.49. The van der Waals surface area contributed by atoms with Crippen LogP contribution in [0.25, 0.3) is 22.8 Å². The van der Waals surface area contributed by atoms with E-state index in [1.165, 1.54) is 0 Å². The van der Waals surface area contributed by atoms with Gasteiger partial charge in [-0.25, -0.2) is 4.98 Å². The van der Waals surface area contributed by atoms with Crippen molar-refractivity contribution in [2.24, 2.45) is 0 Å². The van der Waals surface area contributed by atoms with E-state index in [1.807, 2.05) is 47.2 Å². The smallest absolute Gasteiger partial charge is 0.269 e. The molecule has 1 aromatic carbocycles. The third-order valence-electron chi connectivity index (χ3n) is 4.74. The zero-order valence-corrected chi connectivity index (χ0v) is 15.9. The molecule has 0 spiro atoms. The molecular weight excluding hydrogens is 384 g/mol. The number of benzene rings is 1. The van der Waals surface area contributed by atoms with Crippen molar-refractivity contribution in [1.82, 2.24) is 30.0 Å². The Kier molecular flexibility index (Phi) is 4.60. The number of fused-ring (bicyclic) bond motifs is 1. The fourth-order valence-corrected chi connectivity index (χ4v) is 3.24. The minimum Gasteiger partial charge on any atom is -0.454 e. The van der Waals surface area contributed by atoms with Crippen LogP contribution >= 0.6 is 0 Å². The highest BCUT2D eigenvalue weighted by atomic mass is 16.7. The molecule has 30 heavy (non-hydrogen) atoms. The van der Waals surface area contributed by atoms with Crippen LogP contribution in [0.15, 0.2) is 61.1 Å². The van der Waals surface area contributed by atoms with E-state index in [1.54, 1.807) is 18.5 Å². The Hall–Kier alpha value is -4.14. The molecule has 0 saturated heterocycles. The molecule has 1 aliphatic rings. The first-order valence-electron chi connectivity index (χ1n) is 9.44. The zero-order valence-electron chi connectivity index (χ0n) is 15.9. The average molecular weight is 402 g/mol. The fourth-order valence-electron chi connectivity index (χ4n) is 3.24. The van der Waals surface area contributed by atoms with Crippen molar-refractivity contribution in [3.05, 3.63) is 66.7 Å². The lowest BCUT2D eigenvalue weighted by Gasteiger charge is -2.08. The maximum Gasteiger partial charge on any atom is 0.269 e. The van der Waals surface area contributed by atoms with Crippen LogP contribution in [0.4, 0.5) is 0 Å². The van der Waals surface area contributed by atoms with Gasteiger partial charge in [-0.15, -0.1) is 0 Å². The van der Waals surface area contributed by atoms with Crippen molar-refractivity contribution >= 4 is 5.91 Å². The van der Waals surface area contributed by atoms with Gasteiger partial charge >= 0.3 is 0 Å². The van der Waals surface area contributed by atoms with E-state index in [0.717, 1.165) is 17.1 Å². The van der Waals surface area contributed by atoms with E-state index in [4.69, 9.17) is 9.47 Å². The molecule has 5 rings (SSSR count). The quantitative estimate of drug-likeness (QED) is 0.513. The summed E-state index contributed by atoms with van der Waals surface area (Å²) in [4.78, 5) is 21.2. The van der Waals surface area contributed by atoms with Gasteiger partial charge in [0.1, 0.15) is 11.4 Å². The van der Waals surface area contributed by atoms with Gasteiger partial charge in [-0.3, -0.25) is 14.9 Å². The van der Waals surface area contributed by atoms with E-state index in [0.29, 0.717) is 36.0 Å². The number of amides is 1. The minimum atomic E-state index is -0.228. The maximum absolute atomic E-state index is 12.5. The highest BCUT2D eigenvalue weighted by Gasteiger charge is 2.16. The summed E-state index contributed by atoms with van der Waals surface area (Å²) in [5.74, 6) is 1.91. The Labute approximate surface area is 171 Å². The molecule has 0 saturated carbocycles. The lowest BCUT2D eigenvalue weighted by atomic mass is 10.1. The van der Waals surface area contributed by atoms with E-state index < -0.39 is 0 Å². The van der Waals surface area contributed by atoms with Gasteiger partial charge in [0.2, 0.25) is 6.79 Å². The van der Waals surface area contributed by atoms with E-state index in [-0.39, 0.29) is 12.7 Å². The molecule has 0 unspecified atom stereocenters. The van der Waals surface area contributed by atoms with Gasteiger partial charge in [0.25, 0.3) is 5.91 Å². The number of nitrogens with one attached hydrogen (secondary N) is 2. The molecular formula is C21H18N6O3. The highest BCUT2D eigenvalue weighted by molar-refractivity contribution is 5.93. The molecule has 9 nitrogen and oxygen atoms in total. The molecule has 2 N–H and O–H groups in total. The van der Waals surface area contributed by atoms with Crippen molar-refractivity contribution < 1.29 is 14.3 Å². The first-order valence-corrected chi connectivity index (χ1v) is 9.44. The standard InChI is InChI=1S/C21H18N6O3/c28-21(24-8-10-27-9-7-23-20(27)15-3-1-2-6-22-15)17-12-16(25-26-17)14-4-5-18-19(11-14)30-13-29-18/h1-7,9,11-12H,8,10,13H2,(H,24,28)(H,25,26). The van der Waals surface area contributed by atoms with Crippen molar-refractivity contribution in [2.75, 3.05) is 13.3 Å². The first-order chi connectivity index (χ1) is 14.8. The molecule has 4 heterocycles. The maximum atomic E-state index is 12.5. The lowest BCUT2D eigenvalue weighted by molar-refractivity contribution is 0.0947. The van der Waals surface area contributed by atoms with Crippen molar-refractivity contribution in [2.45, 2.75) is 6.54 Å². The van der Waals surface area contributed by atoms with Crippen molar-refractivity contribution in [3.63, 3.8) is 0 Å². The summed E-state index contributed by atoms with van der Waals surface area (Å²) in [5, 5.41) is 9.93. The third kappa shape index (κ3) is 3.48. The van der Waals surface area contributed by atoms with Crippen LogP contribution < -0.4 is 14.8 Å². The predicted molar refractivity (Wildman–Crippen MR) is 108 cm³/mol. The number of ether oxygens (including phenoxy) is 2. The summed E-state index contributed by atoms with van der Waals surface area (Å²) in [5.41, 5.74) is 2.67. The molecule has 0 aliphatic carbocycles. The van der Waals surface area contributed by atoms with Crippen LogP contribution in [-0.4, -0.2) is 44.0 Å². The third-order valence-corrected chi connectivity index (χ3v) is 4.74. The molecule has 4 aromatic rings. The van der Waals surface area contributed by atoms with Crippen LogP contribution in [0.1, 0.15) is 10.5 Å². The molecule has 0 fully saturated rings. The monoisotopic (exact) mass is 402 g/mol. The van der Waals surface area contributed by atoms with E-state index >= 15 is 0 Å². The number of hydrogen-bond donors (Lipinski definition) is 2. The number of H-pyrrole nitrogens is 1. The van der Waals surface area contributed by atoms with Crippen molar-refractivity contribution in [3.8, 4) is 34.3 Å². The summed E-state index contributed by atoms with van der Waals surface area (Å²) in [6.07, 6.45) is 5.31. The lowest BCUT2D eigenvalue weighted by Crippen LogP contribution is -2.27. The zero-order chi connectivity index (χ0) is 20.3. The summed E-state index contributed by atoms with van der Waals surface area (Å²) >= 11 is 0. The van der Waals surface area contributed by atoms with Gasteiger partial charge in [0.15, 0.2) is 17.3 Å². The second kappa shape index (κ2) is 7.70. The van der Waals surface area contributed by atoms with Gasteiger partial charge < -0.3 is 19.4 Å². The second-order valence-corrected chi connectivity index (χ2v) is 6.65. The minimum absolute atomic E-state index is 0.214. The van der Waals surface area contributed by atoms with E-state index in [9.17, 15) is 4.79 Å². The fraction of sp³-hybridized carbons (Fsp3) is 0.143. The number of rotatable bonds is 6. The van der Waals surface area contributed by atoms with Crippen LogP contribution in [0.2, 0.25) is 0 Å². The number of nitrogens with zero attached hydrogens (tertiary/aromatic N) is 4.